The third-order valence-electron chi connectivity index (χ3n) is 1.24. The van der Waals surface area contributed by atoms with E-state index < -0.39 is 5.92 Å². The zero-order valence-corrected chi connectivity index (χ0v) is 5.50. The zero-order valence-electron chi connectivity index (χ0n) is 5.50. The summed E-state index contributed by atoms with van der Waals surface area (Å²) in [5, 5.41) is 16.9. The van der Waals surface area contributed by atoms with Crippen LogP contribution >= 0.6 is 0 Å². The van der Waals surface area contributed by atoms with Gasteiger partial charge in [0.25, 0.3) is 0 Å². The molecule has 54 valence electrons. The van der Waals surface area contributed by atoms with Crippen LogP contribution in [0.1, 0.15) is 13.3 Å². The van der Waals surface area contributed by atoms with Crippen LogP contribution in [0.3, 0.4) is 0 Å². The van der Waals surface area contributed by atoms with Gasteiger partial charge in [-0.15, -0.1) is 0 Å². The SMILES string of the molecule is CCC(=O)C(CO)CO. The summed E-state index contributed by atoms with van der Waals surface area (Å²) < 4.78 is 0. The van der Waals surface area contributed by atoms with Crippen LogP contribution in [0.4, 0.5) is 0 Å². The summed E-state index contributed by atoms with van der Waals surface area (Å²) in [5.41, 5.74) is 0. The highest BCUT2D eigenvalue weighted by Crippen LogP contribution is 1.97. The molecule has 0 aliphatic rings. The van der Waals surface area contributed by atoms with Gasteiger partial charge in [-0.05, 0) is 0 Å². The fourth-order valence-corrected chi connectivity index (χ4v) is 0.550. The van der Waals surface area contributed by atoms with E-state index in [4.69, 9.17) is 10.2 Å². The summed E-state index contributed by atoms with van der Waals surface area (Å²) in [6, 6.07) is 0. The highest BCUT2D eigenvalue weighted by atomic mass is 16.3. The third kappa shape index (κ3) is 2.58. The molecule has 9 heavy (non-hydrogen) atoms. The summed E-state index contributed by atoms with van der Waals surface area (Å²) in [4.78, 5) is 10.7. The predicted molar refractivity (Wildman–Crippen MR) is 33.0 cm³/mol. The van der Waals surface area contributed by atoms with Crippen molar-refractivity contribution in [2.45, 2.75) is 13.3 Å². The average Bonchev–Trinajstić information content (AvgIpc) is 1.90. The monoisotopic (exact) mass is 132 g/mol. The van der Waals surface area contributed by atoms with E-state index in [-0.39, 0.29) is 19.0 Å². The fraction of sp³-hybridized carbons (Fsp3) is 0.833. The van der Waals surface area contributed by atoms with Gasteiger partial charge >= 0.3 is 0 Å². The van der Waals surface area contributed by atoms with Gasteiger partial charge in [-0.25, -0.2) is 0 Å². The maximum Gasteiger partial charge on any atom is 0.140 e. The van der Waals surface area contributed by atoms with E-state index in [2.05, 4.69) is 0 Å². The Bertz CT molecular complexity index is 86.3. The Kier molecular flexibility index (Phi) is 4.26. The molecule has 0 saturated carbocycles. The van der Waals surface area contributed by atoms with Gasteiger partial charge in [0.05, 0.1) is 19.1 Å². The van der Waals surface area contributed by atoms with Gasteiger partial charge in [-0.1, -0.05) is 6.92 Å². The van der Waals surface area contributed by atoms with Gasteiger partial charge in [0.1, 0.15) is 5.78 Å². The van der Waals surface area contributed by atoms with E-state index in [1.54, 1.807) is 6.92 Å². The van der Waals surface area contributed by atoms with E-state index in [1.165, 1.54) is 0 Å². The lowest BCUT2D eigenvalue weighted by atomic mass is 10.1. The minimum absolute atomic E-state index is 0.0833. The smallest absolute Gasteiger partial charge is 0.140 e. The minimum atomic E-state index is -0.560. The highest BCUT2D eigenvalue weighted by molar-refractivity contribution is 5.80. The molecule has 0 aromatic rings. The Morgan fingerprint density at radius 3 is 2.00 bits per heavy atom. The summed E-state index contributed by atoms with van der Waals surface area (Å²) in [6.07, 6.45) is 0.381. The molecular formula is C6H12O3. The maximum absolute atomic E-state index is 10.7. The third-order valence-corrected chi connectivity index (χ3v) is 1.24. The topological polar surface area (TPSA) is 57.5 Å². The van der Waals surface area contributed by atoms with Crippen molar-refractivity contribution < 1.29 is 15.0 Å². The molecule has 0 aromatic heterocycles. The fourth-order valence-electron chi connectivity index (χ4n) is 0.550. The van der Waals surface area contributed by atoms with E-state index in [9.17, 15) is 4.79 Å². The van der Waals surface area contributed by atoms with Gasteiger partial charge in [0, 0.05) is 6.42 Å². The van der Waals surface area contributed by atoms with Gasteiger partial charge < -0.3 is 10.2 Å². The second-order valence-electron chi connectivity index (χ2n) is 1.88. The van der Waals surface area contributed by atoms with Gasteiger partial charge in [0.15, 0.2) is 0 Å². The molecule has 0 aliphatic heterocycles. The molecule has 0 spiro atoms. The Morgan fingerprint density at radius 1 is 1.44 bits per heavy atom. The number of aliphatic hydroxyl groups is 2. The molecule has 0 fully saturated rings. The van der Waals surface area contributed by atoms with Crippen molar-refractivity contribution in [1.29, 1.82) is 0 Å². The van der Waals surface area contributed by atoms with Crippen molar-refractivity contribution in [3.05, 3.63) is 0 Å². The first-order chi connectivity index (χ1) is 4.26. The molecule has 0 rings (SSSR count). The molecule has 0 amide bonds. The summed E-state index contributed by atoms with van der Waals surface area (Å²) in [6.45, 7) is 1.22. The standard InChI is InChI=1S/C6H12O3/c1-2-6(9)5(3-7)4-8/h5,7-8H,2-4H2,1H3. The molecule has 3 heteroatoms. The second-order valence-corrected chi connectivity index (χ2v) is 1.88. The Labute approximate surface area is 54.3 Å². The molecule has 0 radical (unpaired) electrons. The summed E-state index contributed by atoms with van der Waals surface area (Å²) in [5.74, 6) is -0.644. The van der Waals surface area contributed by atoms with Gasteiger partial charge in [-0.3, -0.25) is 4.79 Å². The van der Waals surface area contributed by atoms with Crippen molar-refractivity contribution in [3.8, 4) is 0 Å². The molecule has 2 N–H and O–H groups in total. The molecule has 0 saturated heterocycles. The lowest BCUT2D eigenvalue weighted by molar-refractivity contribution is -0.125. The van der Waals surface area contributed by atoms with E-state index in [1.807, 2.05) is 0 Å². The second kappa shape index (κ2) is 4.47. The predicted octanol–water partition coefficient (Wildman–Crippen LogP) is -0.434. The van der Waals surface area contributed by atoms with Crippen LogP contribution in [0.2, 0.25) is 0 Å². The molecule has 0 aliphatic carbocycles. The van der Waals surface area contributed by atoms with Crippen LogP contribution in [0, 0.1) is 5.92 Å². The van der Waals surface area contributed by atoms with Gasteiger partial charge in [-0.2, -0.15) is 0 Å². The number of aliphatic hydroxyl groups excluding tert-OH is 2. The number of carbonyl (C=O) groups is 1. The van der Waals surface area contributed by atoms with Crippen LogP contribution in [0.5, 0.6) is 0 Å². The number of hydrogen-bond acceptors (Lipinski definition) is 3. The van der Waals surface area contributed by atoms with E-state index in [0.717, 1.165) is 0 Å². The first kappa shape index (κ1) is 8.59. The molecule has 0 aromatic carbocycles. The molecular weight excluding hydrogens is 120 g/mol. The maximum atomic E-state index is 10.7. The number of ketones is 1. The molecule has 0 atom stereocenters. The Morgan fingerprint density at radius 2 is 1.89 bits per heavy atom. The van der Waals surface area contributed by atoms with Crippen molar-refractivity contribution in [2.24, 2.45) is 5.92 Å². The minimum Gasteiger partial charge on any atom is -0.396 e. The van der Waals surface area contributed by atoms with Crippen molar-refractivity contribution in [2.75, 3.05) is 13.2 Å². The lowest BCUT2D eigenvalue weighted by Gasteiger charge is -2.05. The Hall–Kier alpha value is -0.410. The first-order valence-electron chi connectivity index (χ1n) is 3.00. The summed E-state index contributed by atoms with van der Waals surface area (Å²) in [7, 11) is 0. The number of carbonyl (C=O) groups excluding carboxylic acids is 1. The number of Topliss-reactive ketones (excluding diaryl/α,β-unsaturated/α-hetero) is 1. The lowest BCUT2D eigenvalue weighted by Crippen LogP contribution is -2.21. The van der Waals surface area contributed by atoms with Crippen LogP contribution in [-0.4, -0.2) is 29.2 Å². The van der Waals surface area contributed by atoms with Gasteiger partial charge in [0.2, 0.25) is 0 Å². The molecule has 0 heterocycles. The number of hydrogen-bond donors (Lipinski definition) is 2. The van der Waals surface area contributed by atoms with Crippen LogP contribution in [-0.2, 0) is 4.79 Å². The van der Waals surface area contributed by atoms with Crippen LogP contribution in [0.15, 0.2) is 0 Å². The zero-order chi connectivity index (χ0) is 7.28. The Balaban J connectivity index is 3.64. The van der Waals surface area contributed by atoms with Crippen molar-refractivity contribution in [1.82, 2.24) is 0 Å². The van der Waals surface area contributed by atoms with E-state index in [0.29, 0.717) is 6.42 Å². The van der Waals surface area contributed by atoms with Crippen LogP contribution in [0.25, 0.3) is 0 Å². The molecule has 0 bridgehead atoms. The largest absolute Gasteiger partial charge is 0.396 e. The average molecular weight is 132 g/mol. The van der Waals surface area contributed by atoms with Crippen LogP contribution < -0.4 is 0 Å². The number of rotatable bonds is 4. The van der Waals surface area contributed by atoms with Crippen molar-refractivity contribution >= 4 is 5.78 Å². The summed E-state index contributed by atoms with van der Waals surface area (Å²) >= 11 is 0. The normalized spacial score (nSPS) is 10.2. The molecule has 0 unspecified atom stereocenters. The first-order valence-corrected chi connectivity index (χ1v) is 3.00. The van der Waals surface area contributed by atoms with Crippen molar-refractivity contribution in [3.63, 3.8) is 0 Å². The molecule has 3 nitrogen and oxygen atoms in total. The highest BCUT2D eigenvalue weighted by Gasteiger charge is 2.12. The van der Waals surface area contributed by atoms with E-state index >= 15 is 0 Å². The quantitative estimate of drug-likeness (QED) is 0.545.